The number of furan rings is 2. The third kappa shape index (κ3) is 2.14. The fourth-order valence-electron chi connectivity index (χ4n) is 4.47. The Bertz CT molecular complexity index is 1220. The number of ketones is 1. The summed E-state index contributed by atoms with van der Waals surface area (Å²) < 4.78 is 13.4. The highest BCUT2D eigenvalue weighted by Gasteiger charge is 2.41. The van der Waals surface area contributed by atoms with Gasteiger partial charge in [-0.2, -0.15) is 0 Å². The SMILES string of the molecule is O=C1CC(c2ccco2)CC2=C1C(c1ccco1)n1c(nc3ccccc31)N2. The molecule has 0 spiro atoms. The van der Waals surface area contributed by atoms with E-state index in [0.29, 0.717) is 12.8 Å². The van der Waals surface area contributed by atoms with Crippen molar-refractivity contribution < 1.29 is 13.6 Å². The molecule has 0 bridgehead atoms. The maximum absolute atomic E-state index is 13.3. The zero-order valence-electron chi connectivity index (χ0n) is 15.0. The highest BCUT2D eigenvalue weighted by Crippen LogP contribution is 2.45. The van der Waals surface area contributed by atoms with E-state index in [1.54, 1.807) is 12.5 Å². The molecule has 6 nitrogen and oxygen atoms in total. The zero-order valence-corrected chi connectivity index (χ0v) is 15.0. The van der Waals surface area contributed by atoms with Crippen LogP contribution in [-0.2, 0) is 4.79 Å². The molecule has 1 aromatic carbocycles. The van der Waals surface area contributed by atoms with E-state index < -0.39 is 0 Å². The predicted molar refractivity (Wildman–Crippen MR) is 103 cm³/mol. The number of benzene rings is 1. The second-order valence-corrected chi connectivity index (χ2v) is 7.27. The standard InChI is InChI=1S/C22H17N3O3/c26-17-12-13(18-7-3-9-27-18)11-15-20(17)21(19-8-4-10-28-19)25-16-6-2-1-5-14(16)23-22(25)24-15/h1-10,13,21H,11-12H2,(H,23,24). The number of carbonyl (C=O) groups excluding carboxylic acids is 1. The monoisotopic (exact) mass is 371 g/mol. The molecule has 28 heavy (non-hydrogen) atoms. The van der Waals surface area contributed by atoms with Crippen LogP contribution in [0.25, 0.3) is 11.0 Å². The van der Waals surface area contributed by atoms with Crippen LogP contribution in [0.15, 0.2) is 81.2 Å². The number of allylic oxidation sites excluding steroid dienone is 2. The third-order valence-electron chi connectivity index (χ3n) is 5.66. The Hall–Kier alpha value is -3.54. The Morgan fingerprint density at radius 3 is 2.54 bits per heavy atom. The summed E-state index contributed by atoms with van der Waals surface area (Å²) in [5.41, 5.74) is 3.52. The van der Waals surface area contributed by atoms with E-state index in [-0.39, 0.29) is 17.7 Å². The van der Waals surface area contributed by atoms with Crippen LogP contribution in [0, 0.1) is 0 Å². The van der Waals surface area contributed by atoms with Gasteiger partial charge in [-0.05, 0) is 42.8 Å². The van der Waals surface area contributed by atoms with Crippen molar-refractivity contribution in [3.8, 4) is 0 Å². The molecule has 0 saturated heterocycles. The predicted octanol–water partition coefficient (Wildman–Crippen LogP) is 4.64. The van der Waals surface area contributed by atoms with Crippen molar-refractivity contribution in [2.75, 3.05) is 5.32 Å². The van der Waals surface area contributed by atoms with Gasteiger partial charge in [-0.15, -0.1) is 0 Å². The number of nitrogens with one attached hydrogen (secondary N) is 1. The summed E-state index contributed by atoms with van der Waals surface area (Å²) in [6.45, 7) is 0. The number of imidazole rings is 1. The molecule has 2 unspecified atom stereocenters. The molecule has 138 valence electrons. The lowest BCUT2D eigenvalue weighted by Gasteiger charge is -2.34. The molecule has 2 atom stereocenters. The van der Waals surface area contributed by atoms with Gasteiger partial charge in [0.2, 0.25) is 5.95 Å². The van der Waals surface area contributed by atoms with Crippen molar-refractivity contribution in [2.45, 2.75) is 24.8 Å². The molecule has 4 aromatic rings. The molecule has 1 N–H and O–H groups in total. The van der Waals surface area contributed by atoms with Crippen LogP contribution in [0.4, 0.5) is 5.95 Å². The Morgan fingerprint density at radius 1 is 0.964 bits per heavy atom. The first kappa shape index (κ1) is 15.5. The van der Waals surface area contributed by atoms with Crippen molar-refractivity contribution in [2.24, 2.45) is 0 Å². The summed E-state index contributed by atoms with van der Waals surface area (Å²) in [6.07, 6.45) is 4.43. The molecule has 6 heteroatoms. The lowest BCUT2D eigenvalue weighted by atomic mass is 9.80. The Balaban J connectivity index is 1.55. The highest BCUT2D eigenvalue weighted by molar-refractivity contribution is 6.00. The molecule has 0 fully saturated rings. The quantitative estimate of drug-likeness (QED) is 0.556. The van der Waals surface area contributed by atoms with Gasteiger partial charge < -0.3 is 14.2 Å². The maximum Gasteiger partial charge on any atom is 0.209 e. The summed E-state index contributed by atoms with van der Waals surface area (Å²) in [4.78, 5) is 18.1. The van der Waals surface area contributed by atoms with E-state index in [1.165, 1.54) is 0 Å². The smallest absolute Gasteiger partial charge is 0.209 e. The molecule has 0 radical (unpaired) electrons. The number of anilines is 1. The van der Waals surface area contributed by atoms with E-state index in [0.717, 1.165) is 39.8 Å². The van der Waals surface area contributed by atoms with E-state index in [1.807, 2.05) is 48.5 Å². The van der Waals surface area contributed by atoms with E-state index >= 15 is 0 Å². The maximum atomic E-state index is 13.3. The van der Waals surface area contributed by atoms with Gasteiger partial charge in [-0.25, -0.2) is 4.98 Å². The Labute approximate surface area is 160 Å². The van der Waals surface area contributed by atoms with E-state index in [9.17, 15) is 4.79 Å². The minimum absolute atomic E-state index is 0.0296. The lowest BCUT2D eigenvalue weighted by molar-refractivity contribution is -0.117. The van der Waals surface area contributed by atoms with Crippen molar-refractivity contribution in [1.29, 1.82) is 0 Å². The van der Waals surface area contributed by atoms with Crippen LogP contribution in [0.1, 0.15) is 36.3 Å². The second kappa shape index (κ2) is 5.73. The number of para-hydroxylation sites is 2. The molecule has 1 aliphatic heterocycles. The first-order valence-electron chi connectivity index (χ1n) is 9.36. The number of fused-ring (bicyclic) bond motifs is 3. The first-order valence-corrected chi connectivity index (χ1v) is 9.36. The Kier molecular flexibility index (Phi) is 3.17. The molecular formula is C22H17N3O3. The van der Waals surface area contributed by atoms with Gasteiger partial charge in [0.05, 0.1) is 23.6 Å². The average molecular weight is 371 g/mol. The van der Waals surface area contributed by atoms with Crippen molar-refractivity contribution in [3.05, 3.63) is 83.8 Å². The van der Waals surface area contributed by atoms with Crippen molar-refractivity contribution in [1.82, 2.24) is 9.55 Å². The highest BCUT2D eigenvalue weighted by atomic mass is 16.3. The number of aromatic nitrogens is 2. The van der Waals surface area contributed by atoms with Crippen LogP contribution >= 0.6 is 0 Å². The number of nitrogens with zero attached hydrogens (tertiary/aromatic N) is 2. The van der Waals surface area contributed by atoms with Gasteiger partial charge in [0.25, 0.3) is 0 Å². The van der Waals surface area contributed by atoms with Gasteiger partial charge in [0.1, 0.15) is 17.6 Å². The number of hydrogen-bond acceptors (Lipinski definition) is 5. The minimum Gasteiger partial charge on any atom is -0.469 e. The van der Waals surface area contributed by atoms with Crippen LogP contribution in [0.3, 0.4) is 0 Å². The van der Waals surface area contributed by atoms with Gasteiger partial charge in [-0.1, -0.05) is 12.1 Å². The molecule has 1 aliphatic carbocycles. The van der Waals surface area contributed by atoms with Crippen LogP contribution < -0.4 is 5.32 Å². The van der Waals surface area contributed by atoms with Crippen molar-refractivity contribution >= 4 is 22.8 Å². The molecule has 6 rings (SSSR count). The van der Waals surface area contributed by atoms with Gasteiger partial charge in [-0.3, -0.25) is 9.36 Å². The lowest BCUT2D eigenvalue weighted by Crippen LogP contribution is -2.32. The molecule has 0 saturated carbocycles. The van der Waals surface area contributed by atoms with Gasteiger partial charge in [0.15, 0.2) is 5.78 Å². The van der Waals surface area contributed by atoms with Crippen LogP contribution in [-0.4, -0.2) is 15.3 Å². The summed E-state index contributed by atoms with van der Waals surface area (Å²) >= 11 is 0. The fourth-order valence-corrected chi connectivity index (χ4v) is 4.47. The summed E-state index contributed by atoms with van der Waals surface area (Å²) in [6, 6.07) is 15.2. The summed E-state index contributed by atoms with van der Waals surface area (Å²) in [5.74, 6) is 2.45. The van der Waals surface area contributed by atoms with Crippen LogP contribution in [0.2, 0.25) is 0 Å². The van der Waals surface area contributed by atoms with Gasteiger partial charge in [0, 0.05) is 23.6 Å². The number of hydrogen-bond donors (Lipinski definition) is 1. The Morgan fingerprint density at radius 2 is 1.75 bits per heavy atom. The number of rotatable bonds is 2. The molecule has 3 aromatic heterocycles. The summed E-state index contributed by atoms with van der Waals surface area (Å²) in [7, 11) is 0. The number of carbonyl (C=O) groups is 1. The van der Waals surface area contributed by atoms with E-state index in [2.05, 4.69) is 9.88 Å². The normalized spacial score (nSPS) is 21.5. The molecule has 4 heterocycles. The van der Waals surface area contributed by atoms with Crippen LogP contribution in [0.5, 0.6) is 0 Å². The zero-order chi connectivity index (χ0) is 18.7. The minimum atomic E-state index is -0.321. The fraction of sp³-hybridized carbons (Fsp3) is 0.182. The topological polar surface area (TPSA) is 73.2 Å². The average Bonchev–Trinajstić information content (AvgIpc) is 3.46. The van der Waals surface area contributed by atoms with Crippen molar-refractivity contribution in [3.63, 3.8) is 0 Å². The number of Topliss-reactive ketones (excluding diaryl/α,β-unsaturated/α-hetero) is 1. The molecule has 0 amide bonds. The second-order valence-electron chi connectivity index (χ2n) is 7.27. The largest absolute Gasteiger partial charge is 0.469 e. The first-order chi connectivity index (χ1) is 13.8. The van der Waals surface area contributed by atoms with E-state index in [4.69, 9.17) is 13.8 Å². The molecular weight excluding hydrogens is 354 g/mol. The third-order valence-corrected chi connectivity index (χ3v) is 5.66. The summed E-state index contributed by atoms with van der Waals surface area (Å²) in [5, 5.41) is 3.43. The van der Waals surface area contributed by atoms with Gasteiger partial charge >= 0.3 is 0 Å². The molecule has 2 aliphatic rings.